The van der Waals surface area contributed by atoms with Gasteiger partial charge in [-0.15, -0.1) is 0 Å². The highest BCUT2D eigenvalue weighted by molar-refractivity contribution is 7.82. The summed E-state index contributed by atoms with van der Waals surface area (Å²) in [5.74, 6) is 5.18. The Labute approximate surface area is 210 Å². The molecule has 8 unspecified atom stereocenters. The molecule has 0 amide bonds. The van der Waals surface area contributed by atoms with E-state index in [1.165, 1.54) is 75.5 Å². The molecule has 1 aromatic rings. The minimum Gasteiger partial charge on any atom is -0.261 e. The van der Waals surface area contributed by atoms with Crippen LogP contribution in [-0.4, -0.2) is 9.73 Å². The molecule has 0 bridgehead atoms. The van der Waals surface area contributed by atoms with E-state index in [1.807, 2.05) is 20.0 Å². The second-order valence-electron chi connectivity index (χ2n) is 12.1. The molecular weight excluding hydrogens is 418 g/mol. The standard InChI is InChI=1S/C29H43NS.C2H6/c1-19-13-16-29(31)23(18-19)9-10-24-26-12-11-25(28(26,4)15-14-27(24)29)20(2)7-8-22-6-5-17-30-21(22)3;1-2/h5-6,9,17,19-20,24-27,31H,7-8,10-16,18H2,1-4H3;1-2H3. The predicted octanol–water partition coefficient (Wildman–Crippen LogP) is 8.86. The number of pyridine rings is 1. The number of nitrogens with zero attached hydrogens (tertiary/aromatic N) is 1. The van der Waals surface area contributed by atoms with E-state index in [0.717, 1.165) is 35.5 Å². The molecule has 4 aliphatic rings. The molecule has 1 aromatic heterocycles. The van der Waals surface area contributed by atoms with Crippen molar-refractivity contribution in [3.05, 3.63) is 41.2 Å². The Balaban J connectivity index is 0.00000126. The second-order valence-corrected chi connectivity index (χ2v) is 12.9. The quantitative estimate of drug-likeness (QED) is 0.344. The number of hydrogen-bond donors (Lipinski definition) is 1. The molecule has 8 atom stereocenters. The van der Waals surface area contributed by atoms with Crippen molar-refractivity contribution in [2.75, 3.05) is 0 Å². The molecule has 3 saturated carbocycles. The Morgan fingerprint density at radius 2 is 1.91 bits per heavy atom. The summed E-state index contributed by atoms with van der Waals surface area (Å²) in [6.45, 7) is 13.8. The van der Waals surface area contributed by atoms with Gasteiger partial charge in [0.2, 0.25) is 0 Å². The third kappa shape index (κ3) is 4.48. The maximum Gasteiger partial charge on any atom is 0.0404 e. The topological polar surface area (TPSA) is 12.9 Å². The summed E-state index contributed by atoms with van der Waals surface area (Å²) in [5, 5.41) is 0. The number of thiol groups is 1. The minimum atomic E-state index is 0.221. The lowest BCUT2D eigenvalue weighted by Gasteiger charge is -2.58. The third-order valence-electron chi connectivity index (χ3n) is 10.6. The zero-order chi connectivity index (χ0) is 23.8. The zero-order valence-corrected chi connectivity index (χ0v) is 23.1. The number of rotatable bonds is 4. The summed E-state index contributed by atoms with van der Waals surface area (Å²) in [4.78, 5) is 4.51. The van der Waals surface area contributed by atoms with E-state index in [4.69, 9.17) is 12.6 Å². The molecular formula is C31H49NS. The fourth-order valence-corrected chi connectivity index (χ4v) is 9.43. The van der Waals surface area contributed by atoms with Crippen LogP contribution in [0.5, 0.6) is 0 Å². The van der Waals surface area contributed by atoms with Gasteiger partial charge in [0.1, 0.15) is 0 Å². The Kier molecular flexibility index (Phi) is 7.74. The van der Waals surface area contributed by atoms with Crippen LogP contribution in [0.4, 0.5) is 0 Å². The van der Waals surface area contributed by atoms with Crippen molar-refractivity contribution in [2.45, 2.75) is 110 Å². The van der Waals surface area contributed by atoms with E-state index in [1.54, 1.807) is 5.57 Å². The highest BCUT2D eigenvalue weighted by Crippen LogP contribution is 2.66. The lowest BCUT2D eigenvalue weighted by atomic mass is 9.50. The van der Waals surface area contributed by atoms with Crippen LogP contribution in [0.25, 0.3) is 0 Å². The van der Waals surface area contributed by atoms with Crippen LogP contribution >= 0.6 is 12.6 Å². The molecule has 3 fully saturated rings. The van der Waals surface area contributed by atoms with E-state index in [2.05, 4.69) is 50.9 Å². The number of aryl methyl sites for hydroxylation is 2. The SMILES string of the molecule is CC.Cc1ncccc1CCC(C)C1CCC2C3CC=C4CC(C)CCC4(S)C3CCC12C. The molecule has 5 rings (SSSR count). The van der Waals surface area contributed by atoms with E-state index in [9.17, 15) is 0 Å². The highest BCUT2D eigenvalue weighted by atomic mass is 32.1. The normalized spacial score (nSPS) is 40.5. The monoisotopic (exact) mass is 467 g/mol. The van der Waals surface area contributed by atoms with Crippen molar-refractivity contribution >= 4 is 12.6 Å². The number of fused-ring (bicyclic) bond motifs is 5. The fourth-order valence-electron chi connectivity index (χ4n) is 8.79. The first-order valence-corrected chi connectivity index (χ1v) is 14.6. The maximum atomic E-state index is 5.47. The van der Waals surface area contributed by atoms with Crippen molar-refractivity contribution in [3.63, 3.8) is 0 Å². The van der Waals surface area contributed by atoms with E-state index >= 15 is 0 Å². The van der Waals surface area contributed by atoms with E-state index < -0.39 is 0 Å². The van der Waals surface area contributed by atoms with Gasteiger partial charge in [-0.1, -0.05) is 52.3 Å². The Bertz CT molecular complexity index is 845. The molecule has 0 N–H and O–H groups in total. The van der Waals surface area contributed by atoms with Crippen molar-refractivity contribution in [1.82, 2.24) is 4.98 Å². The number of hydrogen-bond acceptors (Lipinski definition) is 2. The van der Waals surface area contributed by atoms with Gasteiger partial charge in [0.25, 0.3) is 0 Å². The maximum absolute atomic E-state index is 5.47. The summed E-state index contributed by atoms with van der Waals surface area (Å²) in [6, 6.07) is 4.38. The van der Waals surface area contributed by atoms with Crippen LogP contribution in [-0.2, 0) is 6.42 Å². The van der Waals surface area contributed by atoms with Crippen LogP contribution in [0, 0.1) is 47.8 Å². The number of aromatic nitrogens is 1. The van der Waals surface area contributed by atoms with Gasteiger partial charge in [0.15, 0.2) is 0 Å². The lowest BCUT2D eigenvalue weighted by molar-refractivity contribution is -0.0188. The lowest BCUT2D eigenvalue weighted by Crippen LogP contribution is -2.52. The largest absolute Gasteiger partial charge is 0.261 e. The summed E-state index contributed by atoms with van der Waals surface area (Å²) in [6.07, 6.45) is 18.2. The molecule has 2 heteroatoms. The van der Waals surface area contributed by atoms with Crippen LogP contribution in [0.2, 0.25) is 0 Å². The average molecular weight is 468 g/mol. The van der Waals surface area contributed by atoms with Gasteiger partial charge in [0.05, 0.1) is 0 Å². The first-order valence-electron chi connectivity index (χ1n) is 14.2. The van der Waals surface area contributed by atoms with Gasteiger partial charge in [0, 0.05) is 16.6 Å². The summed E-state index contributed by atoms with van der Waals surface area (Å²) in [5.41, 5.74) is 4.93. The van der Waals surface area contributed by atoms with Crippen LogP contribution < -0.4 is 0 Å². The fraction of sp³-hybridized carbons (Fsp3) is 0.774. The van der Waals surface area contributed by atoms with Crippen LogP contribution in [0.1, 0.15) is 104 Å². The van der Waals surface area contributed by atoms with E-state index in [0.29, 0.717) is 5.41 Å². The predicted molar refractivity (Wildman–Crippen MR) is 146 cm³/mol. The van der Waals surface area contributed by atoms with Gasteiger partial charge in [-0.3, -0.25) is 4.98 Å². The summed E-state index contributed by atoms with van der Waals surface area (Å²) < 4.78 is 0.221. The second kappa shape index (κ2) is 10.1. The zero-order valence-electron chi connectivity index (χ0n) is 22.2. The van der Waals surface area contributed by atoms with Gasteiger partial charge in [-0.05, 0) is 124 Å². The Morgan fingerprint density at radius 3 is 2.67 bits per heavy atom. The third-order valence-corrected chi connectivity index (χ3v) is 11.4. The Hall–Kier alpha value is -0.760. The molecule has 0 saturated heterocycles. The molecule has 33 heavy (non-hydrogen) atoms. The minimum absolute atomic E-state index is 0.221. The van der Waals surface area contributed by atoms with Crippen molar-refractivity contribution in [3.8, 4) is 0 Å². The van der Waals surface area contributed by atoms with Gasteiger partial charge >= 0.3 is 0 Å². The molecule has 0 radical (unpaired) electrons. The van der Waals surface area contributed by atoms with Crippen LogP contribution in [0.3, 0.4) is 0 Å². The molecule has 4 aliphatic carbocycles. The molecule has 184 valence electrons. The molecule has 0 spiro atoms. The van der Waals surface area contributed by atoms with Crippen molar-refractivity contribution in [1.29, 1.82) is 0 Å². The Morgan fingerprint density at radius 1 is 1.12 bits per heavy atom. The summed E-state index contributed by atoms with van der Waals surface area (Å²) >= 11 is 5.47. The van der Waals surface area contributed by atoms with Crippen LogP contribution in [0.15, 0.2) is 30.0 Å². The molecule has 0 aliphatic heterocycles. The number of allylic oxidation sites excluding steroid dienone is 1. The summed E-state index contributed by atoms with van der Waals surface area (Å²) in [7, 11) is 0. The molecule has 0 aromatic carbocycles. The average Bonchev–Trinajstić information content (AvgIpc) is 3.17. The van der Waals surface area contributed by atoms with Gasteiger partial charge in [-0.2, -0.15) is 12.6 Å². The van der Waals surface area contributed by atoms with Gasteiger partial charge < -0.3 is 0 Å². The highest BCUT2D eigenvalue weighted by Gasteiger charge is 2.59. The first-order chi connectivity index (χ1) is 15.8. The smallest absolute Gasteiger partial charge is 0.0404 e. The van der Waals surface area contributed by atoms with Gasteiger partial charge in [-0.25, -0.2) is 0 Å². The van der Waals surface area contributed by atoms with Crippen molar-refractivity contribution < 1.29 is 0 Å². The van der Waals surface area contributed by atoms with Crippen molar-refractivity contribution in [2.24, 2.45) is 40.9 Å². The molecule has 1 nitrogen and oxygen atoms in total. The first kappa shape index (κ1) is 25.3. The van der Waals surface area contributed by atoms with E-state index in [-0.39, 0.29) is 4.75 Å². The molecule has 1 heterocycles.